The third-order valence-electron chi connectivity index (χ3n) is 5.68. The van der Waals surface area contributed by atoms with Crippen molar-refractivity contribution in [3.63, 3.8) is 0 Å². The van der Waals surface area contributed by atoms with Gasteiger partial charge in [-0.3, -0.25) is 14.9 Å². The summed E-state index contributed by atoms with van der Waals surface area (Å²) >= 11 is 0.990. The molecule has 8 heteroatoms. The highest BCUT2D eigenvalue weighted by Gasteiger charge is 2.45. The number of hydrogen-bond acceptors (Lipinski definition) is 7. The number of rotatable bonds is 11. The number of carbonyl (C=O) groups excluding carboxylic acids is 2. The topological polar surface area (TPSA) is 83.1 Å². The number of ether oxygens (including phenoxy) is 4. The molecule has 0 spiro atoms. The SMILES string of the molecule is CCCc1cc(Oc2ccccc2)ccc1OCCCOc1cccc(C2(C)SC(=O)NC2=O)c1.COC. The predicted octanol–water partition coefficient (Wildman–Crippen LogP) is 6.74. The molecule has 0 radical (unpaired) electrons. The molecule has 38 heavy (non-hydrogen) atoms. The highest BCUT2D eigenvalue weighted by Crippen LogP contribution is 2.41. The first-order valence-corrected chi connectivity index (χ1v) is 13.4. The van der Waals surface area contributed by atoms with Gasteiger partial charge in [-0.05, 0) is 78.7 Å². The summed E-state index contributed by atoms with van der Waals surface area (Å²) in [6, 6.07) is 23.0. The molecule has 3 aromatic carbocycles. The van der Waals surface area contributed by atoms with Crippen molar-refractivity contribution in [2.75, 3.05) is 27.4 Å². The summed E-state index contributed by atoms with van der Waals surface area (Å²) in [5.74, 6) is 2.81. The molecule has 202 valence electrons. The second kappa shape index (κ2) is 14.4. The lowest BCUT2D eigenvalue weighted by atomic mass is 9.99. The van der Waals surface area contributed by atoms with Crippen molar-refractivity contribution in [3.05, 3.63) is 83.9 Å². The van der Waals surface area contributed by atoms with Gasteiger partial charge in [-0.25, -0.2) is 0 Å². The molecule has 4 rings (SSSR count). The van der Waals surface area contributed by atoms with Crippen LogP contribution in [0.15, 0.2) is 72.8 Å². The van der Waals surface area contributed by atoms with E-state index in [0.717, 1.165) is 53.0 Å². The molecule has 0 aromatic heterocycles. The van der Waals surface area contributed by atoms with Gasteiger partial charge in [0.15, 0.2) is 0 Å². The Balaban J connectivity index is 0.00000127. The minimum atomic E-state index is -0.939. The molecule has 1 fully saturated rings. The average molecular weight is 538 g/mol. The Kier molecular flexibility index (Phi) is 11.1. The maximum absolute atomic E-state index is 12.2. The van der Waals surface area contributed by atoms with Crippen LogP contribution in [0, 0.1) is 0 Å². The van der Waals surface area contributed by atoms with Crippen molar-refractivity contribution in [1.29, 1.82) is 0 Å². The molecule has 1 atom stereocenters. The maximum atomic E-state index is 12.2. The van der Waals surface area contributed by atoms with Crippen molar-refractivity contribution < 1.29 is 28.5 Å². The number of benzene rings is 3. The number of para-hydroxylation sites is 1. The monoisotopic (exact) mass is 537 g/mol. The van der Waals surface area contributed by atoms with Crippen molar-refractivity contribution in [2.24, 2.45) is 0 Å². The largest absolute Gasteiger partial charge is 0.493 e. The zero-order valence-electron chi connectivity index (χ0n) is 22.3. The first-order chi connectivity index (χ1) is 18.4. The van der Waals surface area contributed by atoms with E-state index >= 15 is 0 Å². The fraction of sp³-hybridized carbons (Fsp3) is 0.333. The van der Waals surface area contributed by atoms with Gasteiger partial charge in [-0.2, -0.15) is 0 Å². The minimum Gasteiger partial charge on any atom is -0.493 e. The Bertz CT molecular complexity index is 1200. The molecule has 1 N–H and O–H groups in total. The van der Waals surface area contributed by atoms with Crippen LogP contribution in [0.25, 0.3) is 0 Å². The summed E-state index contributed by atoms with van der Waals surface area (Å²) in [5.41, 5.74) is 1.85. The van der Waals surface area contributed by atoms with Gasteiger partial charge in [0.2, 0.25) is 5.91 Å². The predicted molar refractivity (Wildman–Crippen MR) is 150 cm³/mol. The van der Waals surface area contributed by atoms with E-state index in [1.54, 1.807) is 21.1 Å². The van der Waals surface area contributed by atoms with E-state index in [0.29, 0.717) is 25.4 Å². The number of aryl methyl sites for hydroxylation is 1. The Morgan fingerprint density at radius 2 is 1.55 bits per heavy atom. The minimum absolute atomic E-state index is 0.305. The Morgan fingerprint density at radius 1 is 0.842 bits per heavy atom. The van der Waals surface area contributed by atoms with Gasteiger partial charge in [0.1, 0.15) is 27.7 Å². The van der Waals surface area contributed by atoms with Crippen LogP contribution in [0.5, 0.6) is 23.0 Å². The average Bonchev–Trinajstić information content (AvgIpc) is 3.18. The van der Waals surface area contributed by atoms with Gasteiger partial charge in [-0.15, -0.1) is 0 Å². The second-order valence-corrected chi connectivity index (χ2v) is 10.2. The van der Waals surface area contributed by atoms with Crippen molar-refractivity contribution in [3.8, 4) is 23.0 Å². The van der Waals surface area contributed by atoms with Crippen molar-refractivity contribution in [2.45, 2.75) is 37.9 Å². The lowest BCUT2D eigenvalue weighted by Crippen LogP contribution is -2.31. The highest BCUT2D eigenvalue weighted by molar-refractivity contribution is 8.15. The quantitative estimate of drug-likeness (QED) is 0.271. The summed E-state index contributed by atoms with van der Waals surface area (Å²) in [7, 11) is 3.25. The van der Waals surface area contributed by atoms with Crippen LogP contribution in [0.2, 0.25) is 0 Å². The maximum Gasteiger partial charge on any atom is 0.287 e. The van der Waals surface area contributed by atoms with E-state index in [1.165, 1.54) is 0 Å². The van der Waals surface area contributed by atoms with Gasteiger partial charge >= 0.3 is 0 Å². The summed E-state index contributed by atoms with van der Waals surface area (Å²) in [5, 5.41) is 2.02. The molecule has 2 amide bonds. The van der Waals surface area contributed by atoms with Crippen LogP contribution in [-0.2, 0) is 20.7 Å². The number of nitrogens with one attached hydrogen (secondary N) is 1. The third-order valence-corrected chi connectivity index (χ3v) is 6.79. The first-order valence-electron chi connectivity index (χ1n) is 12.6. The number of amides is 2. The highest BCUT2D eigenvalue weighted by atomic mass is 32.2. The smallest absolute Gasteiger partial charge is 0.287 e. The Hall–Kier alpha value is -3.49. The summed E-state index contributed by atoms with van der Waals surface area (Å²) in [4.78, 5) is 23.9. The molecule has 3 aromatic rings. The zero-order valence-corrected chi connectivity index (χ0v) is 23.1. The molecular formula is C30H35NO6S. The van der Waals surface area contributed by atoms with Crippen LogP contribution >= 0.6 is 11.8 Å². The van der Waals surface area contributed by atoms with Gasteiger partial charge in [0, 0.05) is 20.6 Å². The standard InChI is InChI=1S/C28H29NO5S.C2H6O/c1-3-9-20-18-24(34-22-11-5-4-6-12-22)14-15-25(20)33-17-8-16-32-23-13-7-10-21(19-23)28(2)26(30)29-27(31)35-28;1-3-2/h4-7,10-15,18-19H,3,8-9,16-17H2,1-2H3,(H,29,30,31);1-2H3. The molecule has 1 saturated heterocycles. The van der Waals surface area contributed by atoms with Crippen LogP contribution in [0.4, 0.5) is 4.79 Å². The van der Waals surface area contributed by atoms with Gasteiger partial charge in [0.25, 0.3) is 5.24 Å². The van der Waals surface area contributed by atoms with Crippen molar-refractivity contribution in [1.82, 2.24) is 5.32 Å². The fourth-order valence-electron chi connectivity index (χ4n) is 3.82. The Morgan fingerprint density at radius 3 is 2.24 bits per heavy atom. The Labute approximate surface area is 228 Å². The summed E-state index contributed by atoms with van der Waals surface area (Å²) in [6.07, 6.45) is 2.60. The molecule has 0 saturated carbocycles. The molecule has 1 aliphatic heterocycles. The number of hydrogen-bond donors (Lipinski definition) is 1. The molecule has 1 heterocycles. The molecular weight excluding hydrogens is 502 g/mol. The van der Waals surface area contributed by atoms with Crippen LogP contribution in [0.1, 0.15) is 37.8 Å². The van der Waals surface area contributed by atoms with Crippen LogP contribution < -0.4 is 19.5 Å². The molecule has 1 unspecified atom stereocenters. The molecule has 7 nitrogen and oxygen atoms in total. The number of methoxy groups -OCH3 is 1. The van der Waals surface area contributed by atoms with Gasteiger partial charge in [-0.1, -0.05) is 43.7 Å². The summed E-state index contributed by atoms with van der Waals surface area (Å²) in [6.45, 7) is 4.87. The van der Waals surface area contributed by atoms with Gasteiger partial charge < -0.3 is 18.9 Å². The third kappa shape index (κ3) is 8.00. The summed E-state index contributed by atoms with van der Waals surface area (Å²) < 4.78 is 21.2. The number of thioether (sulfide) groups is 1. The second-order valence-electron chi connectivity index (χ2n) is 8.80. The lowest BCUT2D eigenvalue weighted by molar-refractivity contribution is -0.121. The van der Waals surface area contributed by atoms with E-state index < -0.39 is 4.75 Å². The van der Waals surface area contributed by atoms with E-state index in [4.69, 9.17) is 14.2 Å². The van der Waals surface area contributed by atoms with E-state index in [1.807, 2.05) is 72.8 Å². The van der Waals surface area contributed by atoms with E-state index in [9.17, 15) is 9.59 Å². The van der Waals surface area contributed by atoms with Crippen LogP contribution in [-0.4, -0.2) is 38.6 Å². The lowest BCUT2D eigenvalue weighted by Gasteiger charge is -2.19. The molecule has 0 bridgehead atoms. The molecule has 1 aliphatic rings. The first kappa shape index (κ1) is 29.1. The van der Waals surface area contributed by atoms with Crippen LogP contribution in [0.3, 0.4) is 0 Å². The number of imide groups is 1. The number of carbonyl (C=O) groups is 2. The van der Waals surface area contributed by atoms with Gasteiger partial charge in [0.05, 0.1) is 13.2 Å². The normalized spacial score (nSPS) is 16.3. The van der Waals surface area contributed by atoms with E-state index in [-0.39, 0.29) is 11.1 Å². The zero-order chi connectivity index (χ0) is 27.4. The fourth-order valence-corrected chi connectivity index (χ4v) is 4.73. The van der Waals surface area contributed by atoms with E-state index in [2.05, 4.69) is 17.0 Å². The molecule has 0 aliphatic carbocycles. The van der Waals surface area contributed by atoms with Crippen molar-refractivity contribution >= 4 is 22.9 Å².